The highest BCUT2D eigenvalue weighted by atomic mass is 16.4. The van der Waals surface area contributed by atoms with Crippen molar-refractivity contribution in [2.45, 2.75) is 57.7 Å². The van der Waals surface area contributed by atoms with E-state index in [0.717, 1.165) is 6.42 Å². The lowest BCUT2D eigenvalue weighted by molar-refractivity contribution is -0.149. The number of carbonyl (C=O) groups is 3. The second kappa shape index (κ2) is 8.79. The molecule has 0 bridgehead atoms. The molecule has 1 aromatic heterocycles. The van der Waals surface area contributed by atoms with Gasteiger partial charge in [0.2, 0.25) is 11.8 Å². The Morgan fingerprint density at radius 2 is 2.23 bits per heavy atom. The first-order chi connectivity index (χ1) is 12.3. The summed E-state index contributed by atoms with van der Waals surface area (Å²) in [6.45, 7) is 4.17. The van der Waals surface area contributed by atoms with E-state index >= 15 is 0 Å². The van der Waals surface area contributed by atoms with Crippen LogP contribution in [0.25, 0.3) is 0 Å². The Morgan fingerprint density at radius 1 is 1.50 bits per heavy atom. The standard InChI is InChI=1S/C17H27N5O4/c1-3-10(2)14(18)15(23)21-12(7-11-8-19-9-20-11)16(24)22-6-4-5-13(22)17(25)26/h8-10,12-14H,3-7,18H2,1-2H3,(H,19,20)(H,21,23)(H,25,26)/t10-,12+,13-,14+/m1/s1. The number of likely N-dealkylation sites (tertiary alicyclic amines) is 1. The molecular weight excluding hydrogens is 338 g/mol. The minimum atomic E-state index is -1.03. The highest BCUT2D eigenvalue weighted by Crippen LogP contribution is 2.19. The van der Waals surface area contributed by atoms with Crippen LogP contribution in [0.2, 0.25) is 0 Å². The monoisotopic (exact) mass is 365 g/mol. The van der Waals surface area contributed by atoms with E-state index in [0.29, 0.717) is 25.1 Å². The molecule has 1 aliphatic heterocycles. The molecule has 0 radical (unpaired) electrons. The number of aliphatic carboxylic acids is 1. The molecule has 1 saturated heterocycles. The van der Waals surface area contributed by atoms with E-state index in [2.05, 4.69) is 15.3 Å². The topological polar surface area (TPSA) is 141 Å². The summed E-state index contributed by atoms with van der Waals surface area (Å²) >= 11 is 0. The summed E-state index contributed by atoms with van der Waals surface area (Å²) in [7, 11) is 0. The number of rotatable bonds is 8. The van der Waals surface area contributed by atoms with Crippen molar-refractivity contribution in [1.82, 2.24) is 20.2 Å². The maximum Gasteiger partial charge on any atom is 0.326 e. The van der Waals surface area contributed by atoms with E-state index in [1.54, 1.807) is 6.20 Å². The summed E-state index contributed by atoms with van der Waals surface area (Å²) in [6, 6.07) is -2.48. The molecule has 2 amide bonds. The van der Waals surface area contributed by atoms with E-state index in [9.17, 15) is 19.5 Å². The predicted octanol–water partition coefficient (Wildman–Crippen LogP) is -0.114. The third-order valence-electron chi connectivity index (χ3n) is 4.97. The van der Waals surface area contributed by atoms with E-state index in [1.165, 1.54) is 11.2 Å². The van der Waals surface area contributed by atoms with Gasteiger partial charge in [-0.1, -0.05) is 20.3 Å². The van der Waals surface area contributed by atoms with E-state index < -0.39 is 35.9 Å². The van der Waals surface area contributed by atoms with Gasteiger partial charge in [-0.05, 0) is 18.8 Å². The number of carbonyl (C=O) groups excluding carboxylic acids is 2. The van der Waals surface area contributed by atoms with Crippen LogP contribution in [0.1, 0.15) is 38.8 Å². The van der Waals surface area contributed by atoms with Crippen molar-refractivity contribution in [2.75, 3.05) is 6.54 Å². The number of nitrogens with two attached hydrogens (primary N) is 1. The number of aromatic amines is 1. The zero-order valence-electron chi connectivity index (χ0n) is 15.1. The normalized spacial score (nSPS) is 20.4. The van der Waals surface area contributed by atoms with Crippen LogP contribution >= 0.6 is 0 Å². The van der Waals surface area contributed by atoms with Gasteiger partial charge in [0, 0.05) is 24.9 Å². The molecule has 0 aromatic carbocycles. The number of nitrogens with one attached hydrogen (secondary N) is 2. The molecule has 5 N–H and O–H groups in total. The SMILES string of the molecule is CC[C@@H](C)[C@H](N)C(=O)N[C@@H](Cc1cnc[nH]1)C(=O)N1CCC[C@@H]1C(=O)O. The van der Waals surface area contributed by atoms with Gasteiger partial charge in [-0.2, -0.15) is 0 Å². The second-order valence-electron chi connectivity index (χ2n) is 6.78. The quantitative estimate of drug-likeness (QED) is 0.506. The second-order valence-corrected chi connectivity index (χ2v) is 6.78. The van der Waals surface area contributed by atoms with Crippen molar-refractivity contribution < 1.29 is 19.5 Å². The molecule has 9 heteroatoms. The Morgan fingerprint density at radius 3 is 2.81 bits per heavy atom. The van der Waals surface area contributed by atoms with Crippen LogP contribution in [0.15, 0.2) is 12.5 Å². The van der Waals surface area contributed by atoms with E-state index in [-0.39, 0.29) is 12.3 Å². The van der Waals surface area contributed by atoms with Gasteiger partial charge in [0.25, 0.3) is 0 Å². The third kappa shape index (κ3) is 4.60. The van der Waals surface area contributed by atoms with Crippen molar-refractivity contribution >= 4 is 17.8 Å². The molecule has 4 atom stereocenters. The number of amides is 2. The molecule has 0 unspecified atom stereocenters. The number of aromatic nitrogens is 2. The van der Waals surface area contributed by atoms with Crippen LogP contribution in [-0.2, 0) is 20.8 Å². The summed E-state index contributed by atoms with van der Waals surface area (Å²) in [5.41, 5.74) is 6.64. The van der Waals surface area contributed by atoms with Gasteiger partial charge < -0.3 is 26.0 Å². The van der Waals surface area contributed by atoms with Gasteiger partial charge >= 0.3 is 5.97 Å². The van der Waals surface area contributed by atoms with Crippen molar-refractivity contribution in [3.8, 4) is 0 Å². The van der Waals surface area contributed by atoms with Crippen molar-refractivity contribution in [2.24, 2.45) is 11.7 Å². The van der Waals surface area contributed by atoms with Crippen LogP contribution in [0.4, 0.5) is 0 Å². The Hall–Kier alpha value is -2.42. The summed E-state index contributed by atoms with van der Waals surface area (Å²) in [5.74, 6) is -1.88. The summed E-state index contributed by atoms with van der Waals surface area (Å²) in [6.07, 6.45) is 5.03. The van der Waals surface area contributed by atoms with Crippen molar-refractivity contribution in [3.63, 3.8) is 0 Å². The smallest absolute Gasteiger partial charge is 0.326 e. The Balaban J connectivity index is 2.16. The van der Waals surface area contributed by atoms with E-state index in [4.69, 9.17) is 5.73 Å². The molecule has 0 aliphatic carbocycles. The maximum atomic E-state index is 13.0. The maximum absolute atomic E-state index is 13.0. The fourth-order valence-corrected chi connectivity index (χ4v) is 3.08. The number of imidazole rings is 1. The largest absolute Gasteiger partial charge is 0.480 e. The van der Waals surface area contributed by atoms with Gasteiger partial charge in [-0.3, -0.25) is 9.59 Å². The molecule has 0 saturated carbocycles. The summed E-state index contributed by atoms with van der Waals surface area (Å²) in [4.78, 5) is 45.0. The number of hydrogen-bond donors (Lipinski definition) is 4. The summed E-state index contributed by atoms with van der Waals surface area (Å²) in [5, 5.41) is 12.0. The van der Waals surface area contributed by atoms with Crippen molar-refractivity contribution in [3.05, 3.63) is 18.2 Å². The fraction of sp³-hybridized carbons (Fsp3) is 0.647. The molecule has 9 nitrogen and oxygen atoms in total. The highest BCUT2D eigenvalue weighted by molar-refractivity contribution is 5.92. The third-order valence-corrected chi connectivity index (χ3v) is 4.97. The van der Waals surface area contributed by atoms with Crippen LogP contribution in [0.5, 0.6) is 0 Å². The van der Waals surface area contributed by atoms with Crippen LogP contribution in [0.3, 0.4) is 0 Å². The van der Waals surface area contributed by atoms with Crippen LogP contribution in [0, 0.1) is 5.92 Å². The molecule has 26 heavy (non-hydrogen) atoms. The lowest BCUT2D eigenvalue weighted by Gasteiger charge is -2.28. The molecule has 0 spiro atoms. The lowest BCUT2D eigenvalue weighted by Crippen LogP contribution is -2.56. The lowest BCUT2D eigenvalue weighted by atomic mass is 9.98. The van der Waals surface area contributed by atoms with Crippen LogP contribution < -0.4 is 11.1 Å². The average Bonchev–Trinajstić information content (AvgIpc) is 3.30. The Bertz CT molecular complexity index is 633. The molecule has 1 fully saturated rings. The summed E-state index contributed by atoms with van der Waals surface area (Å²) < 4.78 is 0. The van der Waals surface area contributed by atoms with Crippen LogP contribution in [-0.4, -0.2) is 62.4 Å². The van der Waals surface area contributed by atoms with Gasteiger partial charge in [0.15, 0.2) is 0 Å². The van der Waals surface area contributed by atoms with Gasteiger partial charge in [0.05, 0.1) is 12.4 Å². The minimum absolute atomic E-state index is 0.0311. The Kier molecular flexibility index (Phi) is 6.73. The number of nitrogens with zero attached hydrogens (tertiary/aromatic N) is 2. The molecule has 2 rings (SSSR count). The molecular formula is C17H27N5O4. The zero-order chi connectivity index (χ0) is 19.3. The average molecular weight is 365 g/mol. The number of carboxylic acid groups (broad SMARTS) is 1. The van der Waals surface area contributed by atoms with E-state index in [1.807, 2.05) is 13.8 Å². The van der Waals surface area contributed by atoms with Gasteiger partial charge in [0.1, 0.15) is 12.1 Å². The fourth-order valence-electron chi connectivity index (χ4n) is 3.08. The minimum Gasteiger partial charge on any atom is -0.480 e. The predicted molar refractivity (Wildman–Crippen MR) is 94.0 cm³/mol. The first-order valence-corrected chi connectivity index (χ1v) is 8.91. The first-order valence-electron chi connectivity index (χ1n) is 8.91. The van der Waals surface area contributed by atoms with Gasteiger partial charge in [-0.15, -0.1) is 0 Å². The number of hydrogen-bond acceptors (Lipinski definition) is 5. The Labute approximate surface area is 152 Å². The zero-order valence-corrected chi connectivity index (χ0v) is 15.1. The van der Waals surface area contributed by atoms with Gasteiger partial charge in [-0.25, -0.2) is 9.78 Å². The molecule has 144 valence electrons. The molecule has 1 aliphatic rings. The molecule has 1 aromatic rings. The van der Waals surface area contributed by atoms with Crippen molar-refractivity contribution in [1.29, 1.82) is 0 Å². The number of carboxylic acids is 1. The number of H-pyrrole nitrogens is 1. The highest BCUT2D eigenvalue weighted by Gasteiger charge is 2.38. The molecule has 2 heterocycles. The first kappa shape index (κ1) is 19.9.